The molecule has 2 aromatic carbocycles. The quantitative estimate of drug-likeness (QED) is 0.346. The number of nitro groups is 1. The number of nitrogens with zero attached hydrogens (tertiary/aromatic N) is 6. The van der Waals surface area contributed by atoms with Crippen LogP contribution in [-0.2, 0) is 0 Å². The Kier molecular flexibility index (Phi) is 6.49. The third kappa shape index (κ3) is 4.49. The van der Waals surface area contributed by atoms with Crippen LogP contribution in [0.4, 0.5) is 17.3 Å². The van der Waals surface area contributed by atoms with Crippen LogP contribution in [0.1, 0.15) is 17.2 Å². The molecule has 0 saturated carbocycles. The lowest BCUT2D eigenvalue weighted by Gasteiger charge is -2.22. The second-order valence-electron chi connectivity index (χ2n) is 6.22. The van der Waals surface area contributed by atoms with Gasteiger partial charge in [-0.1, -0.05) is 60.7 Å². The maximum atomic E-state index is 11.9. The summed E-state index contributed by atoms with van der Waals surface area (Å²) in [7, 11) is 0. The summed E-state index contributed by atoms with van der Waals surface area (Å²) < 4.78 is 0. The summed E-state index contributed by atoms with van der Waals surface area (Å²) in [6.07, 6.45) is 1.18. The molecule has 3 rings (SSSR count). The van der Waals surface area contributed by atoms with Crippen LogP contribution in [0.5, 0.6) is 0 Å². The van der Waals surface area contributed by atoms with Gasteiger partial charge in [-0.25, -0.2) is 9.97 Å². The molecule has 0 saturated heterocycles. The molecule has 0 aliphatic heterocycles. The van der Waals surface area contributed by atoms with Gasteiger partial charge < -0.3 is 10.2 Å². The minimum absolute atomic E-state index is 0.00332. The Morgan fingerprint density at radius 2 is 1.50 bits per heavy atom. The highest BCUT2D eigenvalue weighted by atomic mass is 16.6. The second-order valence-corrected chi connectivity index (χ2v) is 6.22. The first-order chi connectivity index (χ1) is 14.7. The van der Waals surface area contributed by atoms with Crippen LogP contribution in [0.25, 0.3) is 0 Å². The zero-order valence-electron chi connectivity index (χ0n) is 15.8. The number of anilines is 2. The first-order valence-corrected chi connectivity index (χ1v) is 9.00. The fourth-order valence-electron chi connectivity index (χ4n) is 3.04. The molecule has 0 amide bonds. The number of rotatable bonds is 8. The SMILES string of the molecule is N#CCN(CC#N)c1ncnc(NC(c2ccccc2)c2ccccc2)c1[N+](=O)[O-]. The van der Waals surface area contributed by atoms with Crippen molar-refractivity contribution in [3.05, 3.63) is 88.2 Å². The lowest BCUT2D eigenvalue weighted by Crippen LogP contribution is -2.26. The van der Waals surface area contributed by atoms with Crippen LogP contribution in [-0.4, -0.2) is 28.0 Å². The zero-order chi connectivity index (χ0) is 21.3. The summed E-state index contributed by atoms with van der Waals surface area (Å²) in [6.45, 7) is -0.433. The second kappa shape index (κ2) is 9.62. The normalized spacial score (nSPS) is 10.1. The summed E-state index contributed by atoms with van der Waals surface area (Å²) in [5, 5.41) is 33.1. The van der Waals surface area contributed by atoms with Crippen LogP contribution in [0, 0.1) is 32.8 Å². The first kappa shape index (κ1) is 20.2. The maximum absolute atomic E-state index is 11.9. The average Bonchev–Trinajstić information content (AvgIpc) is 2.78. The first-order valence-electron chi connectivity index (χ1n) is 9.00. The van der Waals surface area contributed by atoms with E-state index in [4.69, 9.17) is 10.5 Å². The van der Waals surface area contributed by atoms with E-state index in [0.717, 1.165) is 11.1 Å². The molecule has 9 heteroatoms. The van der Waals surface area contributed by atoms with Gasteiger partial charge in [0.15, 0.2) is 0 Å². The van der Waals surface area contributed by atoms with Crippen molar-refractivity contribution in [1.29, 1.82) is 10.5 Å². The van der Waals surface area contributed by atoms with Gasteiger partial charge in [0, 0.05) is 0 Å². The highest BCUT2D eigenvalue weighted by Gasteiger charge is 2.29. The molecule has 0 aliphatic rings. The van der Waals surface area contributed by atoms with Gasteiger partial charge in [-0.15, -0.1) is 0 Å². The molecular weight excluding hydrogens is 382 g/mol. The molecule has 1 heterocycles. The molecule has 0 radical (unpaired) electrons. The molecule has 1 N–H and O–H groups in total. The van der Waals surface area contributed by atoms with Gasteiger partial charge in [-0.3, -0.25) is 10.1 Å². The van der Waals surface area contributed by atoms with Crippen molar-refractivity contribution >= 4 is 17.3 Å². The van der Waals surface area contributed by atoms with Gasteiger partial charge in [0.1, 0.15) is 19.4 Å². The summed E-state index contributed by atoms with van der Waals surface area (Å²) in [6, 6.07) is 22.4. The standard InChI is InChI=1S/C21H17N7O2/c22-11-13-27(14-12-23)21-19(28(29)30)20(24-15-25-21)26-18(16-7-3-1-4-8-16)17-9-5-2-6-10-17/h1-10,15,18H,13-14H2,(H,24,25,26). The molecule has 3 aromatic rings. The average molecular weight is 399 g/mol. The summed E-state index contributed by atoms with van der Waals surface area (Å²) in [5.41, 5.74) is 1.40. The minimum atomic E-state index is -0.605. The van der Waals surface area contributed by atoms with E-state index in [1.54, 1.807) is 0 Å². The maximum Gasteiger partial charge on any atom is 0.353 e. The van der Waals surface area contributed by atoms with Gasteiger partial charge in [-0.05, 0) is 11.1 Å². The molecule has 0 aliphatic carbocycles. The van der Waals surface area contributed by atoms with Gasteiger partial charge in [-0.2, -0.15) is 10.5 Å². The van der Waals surface area contributed by atoms with Crippen molar-refractivity contribution in [2.75, 3.05) is 23.3 Å². The number of hydrogen-bond acceptors (Lipinski definition) is 8. The molecular formula is C21H17N7O2. The van der Waals surface area contributed by atoms with E-state index in [2.05, 4.69) is 15.3 Å². The molecule has 0 atom stereocenters. The Balaban J connectivity index is 2.10. The number of aromatic nitrogens is 2. The Morgan fingerprint density at radius 3 is 1.97 bits per heavy atom. The van der Waals surface area contributed by atoms with E-state index in [1.807, 2.05) is 72.8 Å². The van der Waals surface area contributed by atoms with E-state index >= 15 is 0 Å². The molecule has 30 heavy (non-hydrogen) atoms. The van der Waals surface area contributed by atoms with E-state index in [-0.39, 0.29) is 30.4 Å². The van der Waals surface area contributed by atoms with Crippen molar-refractivity contribution in [2.45, 2.75) is 6.04 Å². The van der Waals surface area contributed by atoms with E-state index in [0.29, 0.717) is 0 Å². The lowest BCUT2D eigenvalue weighted by atomic mass is 9.99. The fraction of sp³-hybridized carbons (Fsp3) is 0.143. The minimum Gasteiger partial charge on any atom is -0.353 e. The molecule has 0 fully saturated rings. The van der Waals surface area contributed by atoms with Crippen LogP contribution < -0.4 is 10.2 Å². The van der Waals surface area contributed by atoms with E-state index < -0.39 is 11.0 Å². The third-order valence-electron chi connectivity index (χ3n) is 4.36. The van der Waals surface area contributed by atoms with Gasteiger partial charge in [0.05, 0.1) is 23.1 Å². The monoisotopic (exact) mass is 399 g/mol. The predicted octanol–water partition coefficient (Wildman–Crippen LogP) is 3.44. The van der Waals surface area contributed by atoms with E-state index in [1.165, 1.54) is 11.2 Å². The van der Waals surface area contributed by atoms with Gasteiger partial charge >= 0.3 is 5.69 Å². The van der Waals surface area contributed by atoms with Crippen molar-refractivity contribution < 1.29 is 4.92 Å². The molecule has 9 nitrogen and oxygen atoms in total. The van der Waals surface area contributed by atoms with Crippen LogP contribution >= 0.6 is 0 Å². The van der Waals surface area contributed by atoms with Crippen LogP contribution in [0.2, 0.25) is 0 Å². The van der Waals surface area contributed by atoms with Crippen molar-refractivity contribution in [1.82, 2.24) is 9.97 Å². The summed E-state index contributed by atoms with van der Waals surface area (Å²) in [4.78, 5) is 20.6. The van der Waals surface area contributed by atoms with Crippen molar-refractivity contribution in [2.24, 2.45) is 0 Å². The van der Waals surface area contributed by atoms with Gasteiger partial charge in [0.2, 0.25) is 11.6 Å². The summed E-state index contributed by atoms with van der Waals surface area (Å²) >= 11 is 0. The summed E-state index contributed by atoms with van der Waals surface area (Å²) in [5.74, 6) is -0.0796. The Labute approximate surface area is 173 Å². The Hall–Kier alpha value is -4.50. The highest BCUT2D eigenvalue weighted by Crippen LogP contribution is 2.35. The number of benzene rings is 2. The van der Waals surface area contributed by atoms with E-state index in [9.17, 15) is 10.1 Å². The Bertz CT molecular complexity index is 1040. The Morgan fingerprint density at radius 1 is 0.967 bits per heavy atom. The number of nitriles is 2. The van der Waals surface area contributed by atoms with Crippen LogP contribution in [0.15, 0.2) is 67.0 Å². The molecule has 0 unspecified atom stereocenters. The number of hydrogen-bond donors (Lipinski definition) is 1. The molecule has 148 valence electrons. The third-order valence-corrected chi connectivity index (χ3v) is 4.36. The largest absolute Gasteiger partial charge is 0.353 e. The smallest absolute Gasteiger partial charge is 0.353 e. The lowest BCUT2D eigenvalue weighted by molar-refractivity contribution is -0.383. The molecule has 0 bridgehead atoms. The topological polar surface area (TPSA) is 132 Å². The van der Waals surface area contributed by atoms with Crippen LogP contribution in [0.3, 0.4) is 0 Å². The van der Waals surface area contributed by atoms with Crippen molar-refractivity contribution in [3.63, 3.8) is 0 Å². The zero-order valence-corrected chi connectivity index (χ0v) is 15.8. The highest BCUT2D eigenvalue weighted by molar-refractivity contribution is 5.71. The number of nitrogens with one attached hydrogen (secondary N) is 1. The molecule has 1 aromatic heterocycles. The fourth-order valence-corrected chi connectivity index (χ4v) is 3.04. The van der Waals surface area contributed by atoms with Gasteiger partial charge in [0.25, 0.3) is 0 Å². The predicted molar refractivity (Wildman–Crippen MR) is 110 cm³/mol. The van der Waals surface area contributed by atoms with Crippen molar-refractivity contribution in [3.8, 4) is 12.1 Å². The molecule has 0 spiro atoms.